The summed E-state index contributed by atoms with van der Waals surface area (Å²) in [6.45, 7) is 0. The molecule has 0 amide bonds. The Bertz CT molecular complexity index is 260. The van der Waals surface area contributed by atoms with Gasteiger partial charge in [-0.05, 0) is 17.3 Å². The Kier molecular flexibility index (Phi) is 3.22. The third-order valence-electron chi connectivity index (χ3n) is 1.31. The van der Waals surface area contributed by atoms with E-state index >= 15 is 0 Å². The second-order valence-corrected chi connectivity index (χ2v) is 3.43. The van der Waals surface area contributed by atoms with Crippen LogP contribution in [0.2, 0.25) is 0 Å². The van der Waals surface area contributed by atoms with Crippen LogP contribution >= 0.6 is 11.8 Å². The lowest BCUT2D eigenvalue weighted by Crippen LogP contribution is -2.04. The minimum atomic E-state index is -4.47. The molecule has 0 bridgehead atoms. The maximum Gasteiger partial charge on any atom is 0.444 e. The van der Waals surface area contributed by atoms with Crippen molar-refractivity contribution in [2.45, 2.75) is 10.9 Å². The van der Waals surface area contributed by atoms with Crippen molar-refractivity contribution in [3.8, 4) is 0 Å². The van der Waals surface area contributed by atoms with Gasteiger partial charge in [-0.25, -0.2) is 5.11 Å². The summed E-state index contributed by atoms with van der Waals surface area (Å²) in [4.78, 5) is 0. The number of rotatable bonds is 2. The van der Waals surface area contributed by atoms with Gasteiger partial charge in [-0.2, -0.15) is 13.2 Å². The van der Waals surface area contributed by atoms with Gasteiger partial charge in [0.25, 0.3) is 0 Å². The molecule has 0 aliphatic heterocycles. The van der Waals surface area contributed by atoms with E-state index in [1.807, 2.05) is 0 Å². The van der Waals surface area contributed by atoms with Gasteiger partial charge in [0.05, 0.1) is 0 Å². The highest BCUT2D eigenvalue weighted by atomic mass is 32.2. The molecular formula is C8H6F3OS. The van der Waals surface area contributed by atoms with Gasteiger partial charge in [-0.1, -0.05) is 30.3 Å². The van der Waals surface area contributed by atoms with Crippen molar-refractivity contribution < 1.29 is 18.3 Å². The molecule has 1 unspecified atom stereocenters. The molecule has 0 saturated carbocycles. The van der Waals surface area contributed by atoms with Gasteiger partial charge in [-0.3, -0.25) is 0 Å². The largest absolute Gasteiger partial charge is 0.444 e. The number of halogens is 3. The molecule has 0 aliphatic rings. The zero-order valence-electron chi connectivity index (χ0n) is 6.41. The van der Waals surface area contributed by atoms with Crippen molar-refractivity contribution in [3.05, 3.63) is 35.9 Å². The predicted molar refractivity (Wildman–Crippen MR) is 43.5 cm³/mol. The van der Waals surface area contributed by atoms with Crippen LogP contribution in [0.1, 0.15) is 11.0 Å². The zero-order valence-corrected chi connectivity index (χ0v) is 7.23. The molecule has 1 nitrogen and oxygen atoms in total. The molecule has 0 saturated heterocycles. The normalized spacial score (nSPS) is 14.2. The molecule has 1 aromatic carbocycles. The minimum absolute atomic E-state index is 0.143. The smallest absolute Gasteiger partial charge is 0.216 e. The van der Waals surface area contributed by atoms with E-state index in [2.05, 4.69) is 0 Å². The van der Waals surface area contributed by atoms with Crippen LogP contribution in [0.3, 0.4) is 0 Å². The van der Waals surface area contributed by atoms with E-state index in [0.29, 0.717) is 0 Å². The van der Waals surface area contributed by atoms with Crippen LogP contribution in [-0.2, 0) is 5.11 Å². The minimum Gasteiger partial charge on any atom is -0.216 e. The first-order valence-electron chi connectivity index (χ1n) is 3.44. The van der Waals surface area contributed by atoms with Crippen LogP contribution in [-0.4, -0.2) is 5.51 Å². The van der Waals surface area contributed by atoms with Crippen molar-refractivity contribution in [1.29, 1.82) is 0 Å². The zero-order chi connectivity index (χ0) is 9.90. The van der Waals surface area contributed by atoms with Crippen LogP contribution in [0.15, 0.2) is 30.3 Å². The Balaban J connectivity index is 2.64. The van der Waals surface area contributed by atoms with E-state index in [4.69, 9.17) is 0 Å². The fraction of sp³-hybridized carbons (Fsp3) is 0.250. The predicted octanol–water partition coefficient (Wildman–Crippen LogP) is 3.37. The first-order chi connectivity index (χ1) is 5.99. The van der Waals surface area contributed by atoms with E-state index in [-0.39, 0.29) is 5.56 Å². The third-order valence-corrected chi connectivity index (χ3v) is 2.07. The van der Waals surface area contributed by atoms with Crippen molar-refractivity contribution >= 4 is 11.8 Å². The average molecular weight is 207 g/mol. The molecule has 0 fully saturated rings. The van der Waals surface area contributed by atoms with E-state index in [1.54, 1.807) is 6.07 Å². The quantitative estimate of drug-likeness (QED) is 0.680. The fourth-order valence-electron chi connectivity index (χ4n) is 0.800. The molecule has 0 aliphatic carbocycles. The van der Waals surface area contributed by atoms with Crippen LogP contribution in [0.25, 0.3) is 0 Å². The summed E-state index contributed by atoms with van der Waals surface area (Å²) in [6.07, 6.45) is 0. The van der Waals surface area contributed by atoms with Crippen LogP contribution in [0.5, 0.6) is 0 Å². The van der Waals surface area contributed by atoms with Crippen LogP contribution in [0.4, 0.5) is 13.2 Å². The molecule has 1 radical (unpaired) electrons. The van der Waals surface area contributed by atoms with Crippen molar-refractivity contribution in [3.63, 3.8) is 0 Å². The lowest BCUT2D eigenvalue weighted by Gasteiger charge is -2.10. The van der Waals surface area contributed by atoms with Gasteiger partial charge >= 0.3 is 5.51 Å². The highest BCUT2D eigenvalue weighted by Crippen LogP contribution is 2.40. The lowest BCUT2D eigenvalue weighted by molar-refractivity contribution is -0.0368. The third kappa shape index (κ3) is 3.69. The summed E-state index contributed by atoms with van der Waals surface area (Å²) in [5.74, 6) is 0. The summed E-state index contributed by atoms with van der Waals surface area (Å²) in [7, 11) is 0. The molecule has 0 heterocycles. The molecule has 1 rings (SSSR count). The Morgan fingerprint density at radius 3 is 2.15 bits per heavy atom. The molecule has 13 heavy (non-hydrogen) atoms. The highest BCUT2D eigenvalue weighted by molar-refractivity contribution is 8.00. The summed E-state index contributed by atoms with van der Waals surface area (Å²) >= 11 is -0.546. The average Bonchev–Trinajstić information content (AvgIpc) is 2.03. The lowest BCUT2D eigenvalue weighted by atomic mass is 10.2. The first-order valence-corrected chi connectivity index (χ1v) is 4.32. The van der Waals surface area contributed by atoms with E-state index in [0.717, 1.165) is 0 Å². The Morgan fingerprint density at radius 2 is 1.69 bits per heavy atom. The van der Waals surface area contributed by atoms with Gasteiger partial charge in [-0.15, -0.1) is 0 Å². The molecule has 0 aromatic heterocycles. The summed E-state index contributed by atoms with van der Waals surface area (Å²) in [6, 6.07) is 7.50. The summed E-state index contributed by atoms with van der Waals surface area (Å²) in [5, 5.41) is 11.0. The Morgan fingerprint density at radius 1 is 1.15 bits per heavy atom. The van der Waals surface area contributed by atoms with Gasteiger partial charge in [0.1, 0.15) is 0 Å². The number of benzene rings is 1. The molecule has 0 N–H and O–H groups in total. The highest BCUT2D eigenvalue weighted by Gasteiger charge is 2.33. The monoisotopic (exact) mass is 207 g/mol. The summed E-state index contributed by atoms with van der Waals surface area (Å²) < 4.78 is 35.3. The van der Waals surface area contributed by atoms with E-state index in [1.165, 1.54) is 24.3 Å². The second-order valence-electron chi connectivity index (χ2n) is 2.31. The molecule has 5 heteroatoms. The number of alkyl halides is 3. The van der Waals surface area contributed by atoms with Gasteiger partial charge < -0.3 is 0 Å². The van der Waals surface area contributed by atoms with Gasteiger partial charge in [0.15, 0.2) is 5.44 Å². The van der Waals surface area contributed by atoms with Gasteiger partial charge in [0.2, 0.25) is 0 Å². The fourth-order valence-corrected chi connectivity index (χ4v) is 1.34. The maximum absolute atomic E-state index is 11.8. The maximum atomic E-state index is 11.8. The molecule has 1 atom stereocenters. The Hall–Kier alpha value is -0.680. The second kappa shape index (κ2) is 4.02. The molecular weight excluding hydrogens is 201 g/mol. The summed E-state index contributed by atoms with van der Waals surface area (Å²) in [5.41, 5.74) is -6.12. The number of thioether (sulfide) groups is 1. The topological polar surface area (TPSA) is 19.9 Å². The van der Waals surface area contributed by atoms with Crippen molar-refractivity contribution in [2.24, 2.45) is 0 Å². The van der Waals surface area contributed by atoms with E-state index < -0.39 is 22.7 Å². The number of hydrogen-bond donors (Lipinski definition) is 0. The Labute approximate surface area is 77.6 Å². The first kappa shape index (κ1) is 10.4. The van der Waals surface area contributed by atoms with E-state index in [9.17, 15) is 18.3 Å². The SMILES string of the molecule is [O]C(SC(F)(F)F)c1ccccc1. The van der Waals surface area contributed by atoms with Crippen LogP contribution in [0, 0.1) is 0 Å². The standard InChI is InChI=1S/C8H6F3OS/c9-8(10,11)13-7(12)6-4-2-1-3-5-6/h1-5,7H. The number of hydrogen-bond acceptors (Lipinski definition) is 1. The van der Waals surface area contributed by atoms with Crippen molar-refractivity contribution in [2.75, 3.05) is 0 Å². The molecule has 0 spiro atoms. The van der Waals surface area contributed by atoms with Gasteiger partial charge in [0, 0.05) is 0 Å². The van der Waals surface area contributed by atoms with Crippen molar-refractivity contribution in [1.82, 2.24) is 0 Å². The molecule has 1 aromatic rings. The van der Waals surface area contributed by atoms with Crippen LogP contribution < -0.4 is 0 Å². The molecule has 71 valence electrons.